The number of hydrogen-bond acceptors (Lipinski definition) is 5. The third-order valence-corrected chi connectivity index (χ3v) is 2.97. The van der Waals surface area contributed by atoms with Gasteiger partial charge in [-0.15, -0.1) is 0 Å². The van der Waals surface area contributed by atoms with Crippen molar-refractivity contribution in [3.05, 3.63) is 33.9 Å². The second-order valence-corrected chi connectivity index (χ2v) is 4.60. The Morgan fingerprint density at radius 3 is 2.89 bits per heavy atom. The fraction of sp³-hybridized carbons (Fsp3) is 0.462. The second kappa shape index (κ2) is 6.29. The lowest BCUT2D eigenvalue weighted by Gasteiger charge is -2.08. The molecule has 1 aliphatic carbocycles. The summed E-state index contributed by atoms with van der Waals surface area (Å²) in [7, 11) is 0. The molecule has 1 aromatic carbocycles. The van der Waals surface area contributed by atoms with E-state index < -0.39 is 4.92 Å². The molecule has 0 aromatic heterocycles. The van der Waals surface area contributed by atoms with Gasteiger partial charge in [0.25, 0.3) is 5.69 Å². The molecule has 0 heterocycles. The van der Waals surface area contributed by atoms with Crippen molar-refractivity contribution in [2.45, 2.75) is 12.8 Å². The highest BCUT2D eigenvalue weighted by Crippen LogP contribution is 2.28. The quantitative estimate of drug-likeness (QED) is 0.337. The molecule has 0 bridgehead atoms. The normalized spacial score (nSPS) is 14.1. The Hall–Kier alpha value is -1.95. The van der Waals surface area contributed by atoms with Crippen LogP contribution in [0.4, 0.5) is 11.4 Å². The summed E-state index contributed by atoms with van der Waals surface area (Å²) >= 11 is 0. The number of benzene rings is 1. The average Bonchev–Trinajstić information content (AvgIpc) is 3.22. The van der Waals surface area contributed by atoms with Crippen molar-refractivity contribution in [1.29, 1.82) is 0 Å². The fourth-order valence-electron chi connectivity index (χ4n) is 1.71. The number of nitrogens with zero attached hydrogens (tertiary/aromatic N) is 1. The Bertz CT molecular complexity index is 472. The molecule has 0 saturated heterocycles. The van der Waals surface area contributed by atoms with Crippen LogP contribution >= 0.6 is 0 Å². The minimum Gasteiger partial charge on any atom is -0.379 e. The van der Waals surface area contributed by atoms with Crippen LogP contribution in [0.3, 0.4) is 0 Å². The van der Waals surface area contributed by atoms with Crippen LogP contribution < -0.4 is 5.32 Å². The van der Waals surface area contributed by atoms with Crippen LogP contribution in [-0.4, -0.2) is 31.0 Å². The van der Waals surface area contributed by atoms with E-state index in [0.29, 0.717) is 36.6 Å². The number of ether oxygens (including phenoxy) is 1. The summed E-state index contributed by atoms with van der Waals surface area (Å²) in [4.78, 5) is 21.0. The van der Waals surface area contributed by atoms with Crippen molar-refractivity contribution < 1.29 is 14.5 Å². The summed E-state index contributed by atoms with van der Waals surface area (Å²) in [6.45, 7) is 1.80. The van der Waals surface area contributed by atoms with Crippen LogP contribution in [0.5, 0.6) is 0 Å². The lowest BCUT2D eigenvalue weighted by atomic mass is 10.2. The molecule has 0 spiro atoms. The van der Waals surface area contributed by atoms with E-state index in [1.54, 1.807) is 12.1 Å². The minimum absolute atomic E-state index is 0.0909. The SMILES string of the molecule is O=Cc1ccc(NCCOCC2CC2)c([N+](=O)[O-])c1. The van der Waals surface area contributed by atoms with E-state index in [4.69, 9.17) is 4.74 Å². The molecule has 6 heteroatoms. The maximum atomic E-state index is 10.9. The summed E-state index contributed by atoms with van der Waals surface area (Å²) in [5.74, 6) is 0.709. The summed E-state index contributed by atoms with van der Waals surface area (Å²) in [6, 6.07) is 4.36. The zero-order valence-electron chi connectivity index (χ0n) is 10.5. The maximum Gasteiger partial charge on any atom is 0.293 e. The first-order valence-corrected chi connectivity index (χ1v) is 6.26. The lowest BCUT2D eigenvalue weighted by Crippen LogP contribution is -2.11. The van der Waals surface area contributed by atoms with E-state index in [1.807, 2.05) is 0 Å². The largest absolute Gasteiger partial charge is 0.379 e. The van der Waals surface area contributed by atoms with Crippen molar-refractivity contribution >= 4 is 17.7 Å². The maximum absolute atomic E-state index is 10.9. The first-order chi connectivity index (χ1) is 9.20. The zero-order chi connectivity index (χ0) is 13.7. The van der Waals surface area contributed by atoms with Crippen molar-refractivity contribution in [3.8, 4) is 0 Å². The summed E-state index contributed by atoms with van der Waals surface area (Å²) in [5.41, 5.74) is 0.611. The van der Waals surface area contributed by atoms with Gasteiger partial charge in [0.1, 0.15) is 12.0 Å². The number of nitro benzene ring substituents is 1. The molecule has 0 radical (unpaired) electrons. The van der Waals surface area contributed by atoms with Gasteiger partial charge in [0.05, 0.1) is 11.5 Å². The van der Waals surface area contributed by atoms with Crippen molar-refractivity contribution in [2.75, 3.05) is 25.1 Å². The van der Waals surface area contributed by atoms with Crippen molar-refractivity contribution in [3.63, 3.8) is 0 Å². The molecule has 1 fully saturated rings. The third-order valence-electron chi connectivity index (χ3n) is 2.97. The molecule has 0 amide bonds. The first kappa shape index (κ1) is 13.5. The molecule has 0 unspecified atom stereocenters. The highest BCUT2D eigenvalue weighted by molar-refractivity contribution is 5.79. The third kappa shape index (κ3) is 4.03. The minimum atomic E-state index is -0.500. The molecule has 1 aliphatic rings. The molecule has 1 N–H and O–H groups in total. The number of rotatable bonds is 8. The standard InChI is InChI=1S/C13H16N2O4/c16-8-11-3-4-12(13(7-11)15(17)18)14-5-6-19-9-10-1-2-10/h3-4,7-8,10,14H,1-2,5-6,9H2. The Kier molecular flexibility index (Phi) is 4.46. The molecule has 19 heavy (non-hydrogen) atoms. The highest BCUT2D eigenvalue weighted by Gasteiger charge is 2.21. The number of carbonyl (C=O) groups is 1. The van der Waals surface area contributed by atoms with Gasteiger partial charge in [-0.2, -0.15) is 0 Å². The lowest BCUT2D eigenvalue weighted by molar-refractivity contribution is -0.384. The molecule has 1 saturated carbocycles. The number of aldehydes is 1. The number of hydrogen-bond donors (Lipinski definition) is 1. The van der Waals surface area contributed by atoms with Crippen LogP contribution in [0.25, 0.3) is 0 Å². The smallest absolute Gasteiger partial charge is 0.293 e. The van der Waals surface area contributed by atoms with Crippen LogP contribution in [0.15, 0.2) is 18.2 Å². The number of nitro groups is 1. The van der Waals surface area contributed by atoms with Crippen molar-refractivity contribution in [2.24, 2.45) is 5.92 Å². The van der Waals surface area contributed by atoms with Gasteiger partial charge in [-0.05, 0) is 30.9 Å². The van der Waals surface area contributed by atoms with Crippen molar-refractivity contribution in [1.82, 2.24) is 0 Å². The highest BCUT2D eigenvalue weighted by atomic mass is 16.6. The van der Waals surface area contributed by atoms with E-state index >= 15 is 0 Å². The number of nitrogens with one attached hydrogen (secondary N) is 1. The number of anilines is 1. The van der Waals surface area contributed by atoms with Gasteiger partial charge in [-0.1, -0.05) is 0 Å². The predicted molar refractivity (Wildman–Crippen MR) is 70.5 cm³/mol. The second-order valence-electron chi connectivity index (χ2n) is 4.60. The molecule has 0 aliphatic heterocycles. The Morgan fingerprint density at radius 1 is 1.47 bits per heavy atom. The van der Waals surface area contributed by atoms with Crippen LogP contribution in [0.1, 0.15) is 23.2 Å². The molecule has 2 rings (SSSR count). The van der Waals surface area contributed by atoms with E-state index in [9.17, 15) is 14.9 Å². The van der Waals surface area contributed by atoms with Gasteiger partial charge in [0.2, 0.25) is 0 Å². The van der Waals surface area contributed by atoms with Gasteiger partial charge in [-0.3, -0.25) is 14.9 Å². The molecular weight excluding hydrogens is 248 g/mol. The molecule has 1 aromatic rings. The molecule has 102 valence electrons. The summed E-state index contributed by atoms with van der Waals surface area (Å²) < 4.78 is 5.44. The van der Waals surface area contributed by atoms with Gasteiger partial charge in [-0.25, -0.2) is 0 Å². The first-order valence-electron chi connectivity index (χ1n) is 6.26. The van der Waals surface area contributed by atoms with E-state index in [-0.39, 0.29) is 5.69 Å². The summed E-state index contributed by atoms with van der Waals surface area (Å²) in [5, 5.41) is 13.9. The topological polar surface area (TPSA) is 81.5 Å². The van der Waals surface area contributed by atoms with Gasteiger partial charge < -0.3 is 10.1 Å². The van der Waals surface area contributed by atoms with Crippen LogP contribution in [0, 0.1) is 16.0 Å². The molecular formula is C13H16N2O4. The molecule has 6 nitrogen and oxygen atoms in total. The van der Waals surface area contributed by atoms with Gasteiger partial charge >= 0.3 is 0 Å². The Morgan fingerprint density at radius 2 is 2.26 bits per heavy atom. The van der Waals surface area contributed by atoms with Crippen LogP contribution in [-0.2, 0) is 4.74 Å². The van der Waals surface area contributed by atoms with Gasteiger partial charge in [0.15, 0.2) is 0 Å². The van der Waals surface area contributed by atoms with Crippen LogP contribution in [0.2, 0.25) is 0 Å². The van der Waals surface area contributed by atoms with E-state index in [1.165, 1.54) is 18.9 Å². The molecule has 0 atom stereocenters. The monoisotopic (exact) mass is 264 g/mol. The van der Waals surface area contributed by atoms with Gasteiger partial charge in [0, 0.05) is 24.8 Å². The summed E-state index contributed by atoms with van der Waals surface area (Å²) in [6.07, 6.45) is 3.08. The Labute approximate surface area is 110 Å². The predicted octanol–water partition coefficient (Wildman–Crippen LogP) is 2.25. The zero-order valence-corrected chi connectivity index (χ0v) is 10.5. The Balaban J connectivity index is 1.86. The van der Waals surface area contributed by atoms with E-state index in [2.05, 4.69) is 5.32 Å². The number of carbonyl (C=O) groups excluding carboxylic acids is 1. The van der Waals surface area contributed by atoms with E-state index in [0.717, 1.165) is 6.61 Å². The average molecular weight is 264 g/mol. The fourth-order valence-corrected chi connectivity index (χ4v) is 1.71.